The maximum atomic E-state index is 7.17. The fourth-order valence-corrected chi connectivity index (χ4v) is 0. The van der Waals surface area contributed by atoms with Gasteiger partial charge < -0.3 is 15.1 Å². The van der Waals surface area contributed by atoms with E-state index < -0.39 is 7.32 Å². The molecule has 0 radical (unpaired) electrons. The molecular weight excluding hydrogens is 224 g/mol. The van der Waals surface area contributed by atoms with E-state index in [2.05, 4.69) is 0 Å². The Kier molecular flexibility index (Phi) is 51.6. The van der Waals surface area contributed by atoms with Crippen LogP contribution in [0.2, 0.25) is 0 Å². The first-order chi connectivity index (χ1) is 1.73. The quantitative estimate of drug-likeness (QED) is 0.370. The Bertz CT molecular complexity index is 19.7. The first-order valence-corrected chi connectivity index (χ1v) is 0.775. The summed E-state index contributed by atoms with van der Waals surface area (Å²) in [7, 11) is -2.17. The topological polar surface area (TPSA) is 60.7 Å². The molecule has 32 valence electrons. The van der Waals surface area contributed by atoms with Crippen molar-refractivity contribution in [2.75, 3.05) is 0 Å². The van der Waals surface area contributed by atoms with Gasteiger partial charge in [0.2, 0.25) is 0 Å². The third kappa shape index (κ3) is 47.0. The fraction of sp³-hybridized carbons (Fsp3) is 0. The Morgan fingerprint density at radius 2 is 1.00 bits per heavy atom. The van der Waals surface area contributed by atoms with Crippen LogP contribution in [0.3, 0.4) is 0 Å². The summed E-state index contributed by atoms with van der Waals surface area (Å²) in [5.74, 6) is 0. The van der Waals surface area contributed by atoms with Crippen LogP contribution in [0.25, 0.3) is 0 Å². The Morgan fingerprint density at radius 1 is 1.00 bits per heavy atom. The average Bonchev–Trinajstić information content (AvgIpc) is 0.811. The zero-order chi connectivity index (χ0) is 3.58. The monoisotopic (exact) mass is 231 g/mol. The summed E-state index contributed by atoms with van der Waals surface area (Å²) in [6.07, 6.45) is 0. The molecule has 0 saturated heterocycles. The van der Waals surface area contributed by atoms with Crippen LogP contribution < -0.4 is 0 Å². The van der Waals surface area contributed by atoms with Crippen LogP contribution in [0.5, 0.6) is 0 Å². The van der Waals surface area contributed by atoms with E-state index in [0.717, 1.165) is 0 Å². The van der Waals surface area contributed by atoms with Crippen molar-refractivity contribution in [2.45, 2.75) is 0 Å². The van der Waals surface area contributed by atoms with Crippen LogP contribution in [0.1, 0.15) is 0 Å². The van der Waals surface area contributed by atoms with Crippen LogP contribution in [-0.4, -0.2) is 131 Å². The standard InChI is InChI=1S/BH3O3.Be.Cs.Na.4H/c2-1(3)4;;;;;;;/h2-4H;;;;;;;. The molecule has 0 amide bonds. The zero-order valence-corrected chi connectivity index (χ0v) is 1.92. The molecule has 0 spiro atoms. The first kappa shape index (κ1) is 22.5. The van der Waals surface area contributed by atoms with Gasteiger partial charge in [-0.25, -0.2) is 0 Å². The van der Waals surface area contributed by atoms with Gasteiger partial charge in [0.15, 0.2) is 0 Å². The van der Waals surface area contributed by atoms with Crippen molar-refractivity contribution in [3.8, 4) is 0 Å². The van der Waals surface area contributed by atoms with Crippen LogP contribution in [0.4, 0.5) is 0 Å². The van der Waals surface area contributed by atoms with Gasteiger partial charge in [0, 0.05) is 0 Å². The van der Waals surface area contributed by atoms with Crippen molar-refractivity contribution in [3.63, 3.8) is 0 Å². The predicted molar refractivity (Wildman–Crippen MR) is 35.3 cm³/mol. The van der Waals surface area contributed by atoms with Gasteiger partial charge in [0.05, 0.1) is 0 Å². The number of hydrogen-bond acceptors (Lipinski definition) is 3. The molecule has 7 heteroatoms. The van der Waals surface area contributed by atoms with Gasteiger partial charge in [0.1, 0.15) is 0 Å². The van der Waals surface area contributed by atoms with Crippen molar-refractivity contribution < 1.29 is 15.1 Å². The second-order valence-corrected chi connectivity index (χ2v) is 0.346. The summed E-state index contributed by atoms with van der Waals surface area (Å²) in [5.41, 5.74) is 0. The van der Waals surface area contributed by atoms with Gasteiger partial charge >= 0.3 is 116 Å². The molecule has 0 bridgehead atoms. The molecule has 0 heterocycles. The van der Waals surface area contributed by atoms with Gasteiger partial charge in [-0.15, -0.1) is 0 Å². The summed E-state index contributed by atoms with van der Waals surface area (Å²) < 4.78 is 0. The van der Waals surface area contributed by atoms with Crippen molar-refractivity contribution in [2.24, 2.45) is 0 Å². The SMILES string of the molecule is OB(O)O.[BeH2].[CsH].[NaH]. The number of rotatable bonds is 0. The average molecular weight is 231 g/mol. The molecule has 0 rings (SSSR count). The van der Waals surface area contributed by atoms with E-state index >= 15 is 0 Å². The van der Waals surface area contributed by atoms with Crippen LogP contribution in [0.15, 0.2) is 0 Å². The van der Waals surface area contributed by atoms with Crippen molar-refractivity contribution in [1.82, 2.24) is 0 Å². The second kappa shape index (κ2) is 16.1. The Balaban J connectivity index is -0.0000000150. The molecule has 3 N–H and O–H groups in total. The summed E-state index contributed by atoms with van der Waals surface area (Å²) in [5, 5.41) is 21.5. The van der Waals surface area contributed by atoms with Gasteiger partial charge in [-0.3, -0.25) is 0 Å². The molecule has 7 heavy (non-hydrogen) atoms. The van der Waals surface area contributed by atoms with Gasteiger partial charge in [-0.05, 0) is 0 Å². The molecule has 0 aromatic carbocycles. The fourth-order valence-electron chi connectivity index (χ4n) is 0. The Hall–Kier alpha value is 3.17. The molecule has 0 aliphatic carbocycles. The van der Waals surface area contributed by atoms with Crippen molar-refractivity contribution in [1.29, 1.82) is 0 Å². The first-order valence-electron chi connectivity index (χ1n) is 0.775. The van der Waals surface area contributed by atoms with E-state index in [-0.39, 0.29) is 109 Å². The van der Waals surface area contributed by atoms with Crippen LogP contribution >= 0.6 is 0 Å². The molecule has 0 aliphatic heterocycles. The van der Waals surface area contributed by atoms with E-state index in [0.29, 0.717) is 0 Å². The molecule has 0 unspecified atom stereocenters. The van der Waals surface area contributed by atoms with E-state index in [4.69, 9.17) is 15.1 Å². The van der Waals surface area contributed by atoms with Gasteiger partial charge in [-0.2, -0.15) is 0 Å². The molecule has 0 aromatic heterocycles. The molecule has 0 aliphatic rings. The predicted octanol–water partition coefficient (Wildman–Crippen LogP) is -4.26. The summed E-state index contributed by atoms with van der Waals surface area (Å²) in [6, 6.07) is 0. The van der Waals surface area contributed by atoms with E-state index in [1.165, 1.54) is 0 Å². The van der Waals surface area contributed by atoms with Crippen molar-refractivity contribution >= 4 is 116 Å². The van der Waals surface area contributed by atoms with E-state index in [9.17, 15) is 0 Å². The molecule has 0 fully saturated rings. The minimum atomic E-state index is -2.17. The number of hydrogen-bond donors (Lipinski definition) is 3. The molecule has 0 saturated carbocycles. The van der Waals surface area contributed by atoms with E-state index in [1.54, 1.807) is 0 Å². The maximum absolute atomic E-state index is 7.17. The summed E-state index contributed by atoms with van der Waals surface area (Å²) in [6.45, 7) is 0. The molecule has 0 atom stereocenters. The zero-order valence-electron chi connectivity index (χ0n) is 1.92. The van der Waals surface area contributed by atoms with Crippen molar-refractivity contribution in [3.05, 3.63) is 0 Å². The second-order valence-electron chi connectivity index (χ2n) is 0.346. The van der Waals surface area contributed by atoms with E-state index in [1.807, 2.05) is 0 Å². The Labute approximate surface area is 127 Å². The van der Waals surface area contributed by atoms with Crippen LogP contribution in [-0.2, 0) is 0 Å². The van der Waals surface area contributed by atoms with Gasteiger partial charge in [-0.1, -0.05) is 0 Å². The third-order valence-electron chi connectivity index (χ3n) is 0. The van der Waals surface area contributed by atoms with Gasteiger partial charge in [0.25, 0.3) is 0 Å². The summed E-state index contributed by atoms with van der Waals surface area (Å²) in [4.78, 5) is 0. The molecule has 0 aromatic rings. The summed E-state index contributed by atoms with van der Waals surface area (Å²) >= 11 is 0. The molecular formula is H7BBeCsNaO3. The van der Waals surface area contributed by atoms with Crippen LogP contribution in [0, 0.1) is 0 Å². The molecule has 3 nitrogen and oxygen atoms in total. The third-order valence-corrected chi connectivity index (χ3v) is 0. The minimum absolute atomic E-state index is 0. The Morgan fingerprint density at radius 3 is 1.00 bits per heavy atom. The normalized spacial score (nSPS) is 3.86.